The number of benzene rings is 1. The number of nitrogens with zero attached hydrogens (tertiary/aromatic N) is 1. The van der Waals surface area contributed by atoms with Crippen LogP contribution in [-0.4, -0.2) is 7.11 Å². The number of hydrogen-bond donors (Lipinski definition) is 0. The molecular formula is C9H9NO. The fourth-order valence-corrected chi connectivity index (χ4v) is 0.991. The van der Waals surface area contributed by atoms with Crippen LogP contribution in [-0.2, 0) is 0 Å². The number of ether oxygens (including phenoxy) is 1. The van der Waals surface area contributed by atoms with Crippen molar-refractivity contribution in [2.75, 3.05) is 7.11 Å². The highest BCUT2D eigenvalue weighted by atomic mass is 16.5. The molecule has 0 saturated heterocycles. The van der Waals surface area contributed by atoms with Crippen molar-refractivity contribution in [1.82, 2.24) is 0 Å². The minimum absolute atomic E-state index is 0.576. The first-order valence-electron chi connectivity index (χ1n) is 3.30. The third kappa shape index (κ3) is 1.32. The average Bonchev–Trinajstić information content (AvgIpc) is 2.04. The van der Waals surface area contributed by atoms with E-state index in [0.29, 0.717) is 11.4 Å². The Balaban J connectivity index is 3.27. The van der Waals surface area contributed by atoms with Gasteiger partial charge in [0, 0.05) is 0 Å². The molecule has 0 aliphatic rings. The van der Waals surface area contributed by atoms with Crippen LogP contribution >= 0.6 is 0 Å². The lowest BCUT2D eigenvalue weighted by Gasteiger charge is -2.04. The summed E-state index contributed by atoms with van der Waals surface area (Å²) in [4.78, 5) is 3.33. The molecule has 1 rings (SSSR count). The van der Waals surface area contributed by atoms with Gasteiger partial charge in [-0.1, -0.05) is 18.2 Å². The summed E-state index contributed by atoms with van der Waals surface area (Å²) in [6.07, 6.45) is 0. The van der Waals surface area contributed by atoms with Crippen molar-refractivity contribution in [2.45, 2.75) is 6.92 Å². The Bertz CT molecular complexity index is 299. The predicted molar refractivity (Wildman–Crippen MR) is 44.0 cm³/mol. The summed E-state index contributed by atoms with van der Waals surface area (Å²) in [6.45, 7) is 8.75. The number of methoxy groups -OCH3 is 1. The molecule has 0 atom stereocenters. The summed E-state index contributed by atoms with van der Waals surface area (Å²) < 4.78 is 5.05. The lowest BCUT2D eigenvalue weighted by molar-refractivity contribution is 0.414. The number of rotatable bonds is 1. The van der Waals surface area contributed by atoms with E-state index in [1.807, 2.05) is 19.1 Å². The van der Waals surface area contributed by atoms with Gasteiger partial charge in [-0.05, 0) is 12.5 Å². The lowest BCUT2D eigenvalue weighted by Crippen LogP contribution is -1.85. The zero-order valence-electron chi connectivity index (χ0n) is 6.59. The molecule has 0 aliphatic heterocycles. The van der Waals surface area contributed by atoms with Gasteiger partial charge in [0.1, 0.15) is 5.75 Å². The van der Waals surface area contributed by atoms with Crippen LogP contribution < -0.4 is 4.74 Å². The third-order valence-corrected chi connectivity index (χ3v) is 1.52. The van der Waals surface area contributed by atoms with E-state index in [1.165, 1.54) is 0 Å². The second kappa shape index (κ2) is 3.07. The monoisotopic (exact) mass is 147 g/mol. The maximum absolute atomic E-state index is 6.83. The molecule has 0 spiro atoms. The Kier molecular flexibility index (Phi) is 2.12. The number of hydrogen-bond acceptors (Lipinski definition) is 1. The Labute approximate surface area is 66.2 Å². The minimum atomic E-state index is 0.576. The molecule has 2 nitrogen and oxygen atoms in total. The first-order chi connectivity index (χ1) is 5.29. The van der Waals surface area contributed by atoms with Crippen molar-refractivity contribution in [3.05, 3.63) is 35.2 Å². The van der Waals surface area contributed by atoms with E-state index in [2.05, 4.69) is 4.85 Å². The molecule has 0 heterocycles. The molecule has 0 fully saturated rings. The van der Waals surface area contributed by atoms with Crippen LogP contribution in [0.25, 0.3) is 4.85 Å². The van der Waals surface area contributed by atoms with Crippen molar-refractivity contribution >= 4 is 5.69 Å². The molecule has 0 N–H and O–H groups in total. The molecule has 0 unspecified atom stereocenters. The normalized spacial score (nSPS) is 8.82. The summed E-state index contributed by atoms with van der Waals surface area (Å²) in [7, 11) is 1.58. The van der Waals surface area contributed by atoms with Gasteiger partial charge in [0.2, 0.25) is 5.69 Å². The summed E-state index contributed by atoms with van der Waals surface area (Å²) in [5.41, 5.74) is 1.58. The Morgan fingerprint density at radius 2 is 2.18 bits per heavy atom. The van der Waals surface area contributed by atoms with E-state index in [-0.39, 0.29) is 0 Å². The summed E-state index contributed by atoms with van der Waals surface area (Å²) in [6, 6.07) is 5.53. The van der Waals surface area contributed by atoms with E-state index < -0.39 is 0 Å². The van der Waals surface area contributed by atoms with E-state index >= 15 is 0 Å². The Morgan fingerprint density at radius 3 is 2.64 bits per heavy atom. The number of aryl methyl sites for hydroxylation is 1. The van der Waals surface area contributed by atoms with Crippen LogP contribution in [0.15, 0.2) is 18.2 Å². The Hall–Kier alpha value is -1.49. The van der Waals surface area contributed by atoms with Gasteiger partial charge in [-0.2, -0.15) is 0 Å². The fraction of sp³-hybridized carbons (Fsp3) is 0.222. The molecule has 1 aromatic rings. The molecule has 56 valence electrons. The second-order valence-electron chi connectivity index (χ2n) is 2.24. The SMILES string of the molecule is [C-]#[N+]c1cccc(C)c1OC. The molecule has 0 radical (unpaired) electrons. The van der Waals surface area contributed by atoms with Gasteiger partial charge in [0.15, 0.2) is 0 Å². The van der Waals surface area contributed by atoms with Gasteiger partial charge in [-0.25, -0.2) is 4.85 Å². The molecule has 0 aliphatic carbocycles. The van der Waals surface area contributed by atoms with Crippen LogP contribution in [0.1, 0.15) is 5.56 Å². The van der Waals surface area contributed by atoms with Crippen molar-refractivity contribution in [1.29, 1.82) is 0 Å². The Morgan fingerprint density at radius 1 is 1.45 bits per heavy atom. The minimum Gasteiger partial charge on any atom is -0.508 e. The first kappa shape index (κ1) is 7.62. The van der Waals surface area contributed by atoms with Gasteiger partial charge >= 0.3 is 0 Å². The standard InChI is InChI=1S/C9H9NO/c1-7-5-4-6-8(10-2)9(7)11-3/h4-6H,1,3H3. The van der Waals surface area contributed by atoms with Crippen LogP contribution in [0.5, 0.6) is 5.75 Å². The smallest absolute Gasteiger partial charge is 0.228 e. The van der Waals surface area contributed by atoms with Crippen LogP contribution in [0.2, 0.25) is 0 Å². The van der Waals surface area contributed by atoms with Gasteiger partial charge in [0.05, 0.1) is 13.7 Å². The molecule has 0 bridgehead atoms. The van der Waals surface area contributed by atoms with Crippen molar-refractivity contribution in [2.24, 2.45) is 0 Å². The second-order valence-corrected chi connectivity index (χ2v) is 2.24. The zero-order chi connectivity index (χ0) is 8.27. The predicted octanol–water partition coefficient (Wildman–Crippen LogP) is 2.55. The number of para-hydroxylation sites is 1. The van der Waals surface area contributed by atoms with Crippen LogP contribution in [0.4, 0.5) is 5.69 Å². The first-order valence-corrected chi connectivity index (χ1v) is 3.30. The van der Waals surface area contributed by atoms with E-state index in [0.717, 1.165) is 5.56 Å². The van der Waals surface area contributed by atoms with Gasteiger partial charge in [-0.3, -0.25) is 0 Å². The largest absolute Gasteiger partial charge is 0.508 e. The zero-order valence-corrected chi connectivity index (χ0v) is 6.59. The highest BCUT2D eigenvalue weighted by Crippen LogP contribution is 2.30. The lowest BCUT2D eigenvalue weighted by atomic mass is 10.2. The highest BCUT2D eigenvalue weighted by Gasteiger charge is 2.03. The quantitative estimate of drug-likeness (QED) is 0.556. The summed E-state index contributed by atoms with van der Waals surface area (Å²) in [5.74, 6) is 0.683. The van der Waals surface area contributed by atoms with Crippen molar-refractivity contribution < 1.29 is 4.74 Å². The average molecular weight is 147 g/mol. The van der Waals surface area contributed by atoms with Crippen LogP contribution in [0, 0.1) is 13.5 Å². The molecule has 0 aromatic heterocycles. The molecule has 1 aromatic carbocycles. The maximum atomic E-state index is 6.83. The molecule has 2 heteroatoms. The van der Waals surface area contributed by atoms with E-state index in [9.17, 15) is 0 Å². The van der Waals surface area contributed by atoms with Gasteiger partial charge in [-0.15, -0.1) is 0 Å². The third-order valence-electron chi connectivity index (χ3n) is 1.52. The molecule has 11 heavy (non-hydrogen) atoms. The topological polar surface area (TPSA) is 13.6 Å². The van der Waals surface area contributed by atoms with E-state index in [4.69, 9.17) is 11.3 Å². The molecule has 0 saturated carbocycles. The molecular weight excluding hydrogens is 138 g/mol. The van der Waals surface area contributed by atoms with Gasteiger partial charge in [0.25, 0.3) is 0 Å². The van der Waals surface area contributed by atoms with Crippen molar-refractivity contribution in [3.8, 4) is 5.75 Å². The van der Waals surface area contributed by atoms with Crippen molar-refractivity contribution in [3.63, 3.8) is 0 Å². The molecule has 0 amide bonds. The summed E-state index contributed by atoms with van der Waals surface area (Å²) in [5, 5.41) is 0. The maximum Gasteiger partial charge on any atom is 0.228 e. The fourth-order valence-electron chi connectivity index (χ4n) is 0.991. The highest BCUT2D eigenvalue weighted by molar-refractivity contribution is 5.60. The summed E-state index contributed by atoms with van der Waals surface area (Å²) >= 11 is 0. The van der Waals surface area contributed by atoms with E-state index in [1.54, 1.807) is 13.2 Å². The van der Waals surface area contributed by atoms with Crippen LogP contribution in [0.3, 0.4) is 0 Å². The van der Waals surface area contributed by atoms with Gasteiger partial charge < -0.3 is 4.74 Å².